The number of carbonyl (C=O) groups excluding carboxylic acids is 1. The highest BCUT2D eigenvalue weighted by molar-refractivity contribution is 5.98. The molecule has 0 radical (unpaired) electrons. The van der Waals surface area contributed by atoms with E-state index in [2.05, 4.69) is 35.6 Å². The number of rotatable bonds is 10. The summed E-state index contributed by atoms with van der Waals surface area (Å²) >= 11 is 0. The van der Waals surface area contributed by atoms with Gasteiger partial charge in [-0.2, -0.15) is 0 Å². The number of primary amides is 1. The molecule has 0 unspecified atom stereocenters. The van der Waals surface area contributed by atoms with Crippen LogP contribution in [0.5, 0.6) is 0 Å². The fourth-order valence-corrected chi connectivity index (χ4v) is 7.45. The minimum Gasteiger partial charge on any atom is -0.366 e. The second-order valence-electron chi connectivity index (χ2n) is 14.5. The Hall–Kier alpha value is -8.32. The molecule has 294 valence electrons. The zero-order valence-electron chi connectivity index (χ0n) is 32.1. The van der Waals surface area contributed by atoms with Crippen molar-refractivity contribution in [2.24, 2.45) is 5.73 Å². The molecule has 61 heavy (non-hydrogen) atoms. The summed E-state index contributed by atoms with van der Waals surface area (Å²) < 4.78 is 33.7. The first-order valence-corrected chi connectivity index (χ1v) is 19.3. The monoisotopic (exact) mass is 802 g/mol. The van der Waals surface area contributed by atoms with Crippen LogP contribution >= 0.6 is 0 Å². The van der Waals surface area contributed by atoms with Gasteiger partial charge in [0.25, 0.3) is 0 Å². The molecule has 13 heteroatoms. The molecule has 0 atom stereocenters. The number of nitrogens with zero attached hydrogens (tertiary/aromatic N) is 7. The van der Waals surface area contributed by atoms with E-state index in [1.54, 1.807) is 61.2 Å². The Morgan fingerprint density at radius 2 is 1.25 bits per heavy atom. The molecule has 5 heterocycles. The number of nitrogens with one attached hydrogen (secondary N) is 2. The Kier molecular flexibility index (Phi) is 9.37. The molecule has 4 N–H and O–H groups in total. The number of carbonyl (C=O) groups is 1. The van der Waals surface area contributed by atoms with Crippen molar-refractivity contribution < 1.29 is 13.6 Å². The van der Waals surface area contributed by atoms with E-state index in [-0.39, 0.29) is 35.4 Å². The maximum atomic E-state index is 16.9. The quantitative estimate of drug-likeness (QED) is 0.122. The van der Waals surface area contributed by atoms with Gasteiger partial charge in [0, 0.05) is 76.3 Å². The Bertz CT molecular complexity index is 3360. The van der Waals surface area contributed by atoms with Gasteiger partial charge in [0.1, 0.15) is 17.7 Å². The van der Waals surface area contributed by atoms with Gasteiger partial charge in [0.15, 0.2) is 29.1 Å². The van der Waals surface area contributed by atoms with Crippen molar-refractivity contribution in [2.75, 3.05) is 10.6 Å². The van der Waals surface area contributed by atoms with E-state index in [1.807, 2.05) is 78.9 Å². The van der Waals surface area contributed by atoms with Gasteiger partial charge in [-0.25, -0.2) is 28.7 Å². The molecule has 0 aliphatic carbocycles. The molecule has 0 aliphatic heterocycles. The van der Waals surface area contributed by atoms with Crippen LogP contribution in [0.2, 0.25) is 0 Å². The lowest BCUT2D eigenvalue weighted by molar-refractivity contribution is 0.100. The van der Waals surface area contributed by atoms with Crippen molar-refractivity contribution in [3.8, 4) is 33.9 Å². The van der Waals surface area contributed by atoms with E-state index in [1.165, 1.54) is 6.33 Å². The molecule has 10 aromatic rings. The van der Waals surface area contributed by atoms with Gasteiger partial charge in [-0.15, -0.1) is 0 Å². The third-order valence-electron chi connectivity index (χ3n) is 10.6. The molecule has 10 rings (SSSR count). The summed E-state index contributed by atoms with van der Waals surface area (Å²) in [5.74, 6) is -1.82. The van der Waals surface area contributed by atoms with Crippen LogP contribution in [0.1, 0.15) is 21.5 Å². The van der Waals surface area contributed by atoms with Crippen molar-refractivity contribution in [1.29, 1.82) is 0 Å². The minimum absolute atomic E-state index is 0.000686. The number of fused-ring (bicyclic) bond motifs is 4. The number of pyridine rings is 3. The lowest BCUT2D eigenvalue weighted by Crippen LogP contribution is -2.10. The summed E-state index contributed by atoms with van der Waals surface area (Å²) in [6.07, 6.45) is 8.18. The summed E-state index contributed by atoms with van der Waals surface area (Å²) in [7, 11) is 0. The van der Waals surface area contributed by atoms with Crippen LogP contribution < -0.4 is 16.4 Å². The Labute approximate surface area is 346 Å². The molecule has 1 amide bonds. The van der Waals surface area contributed by atoms with Gasteiger partial charge in [-0.05, 0) is 94.0 Å². The Morgan fingerprint density at radius 3 is 2.05 bits per heavy atom. The summed E-state index contributed by atoms with van der Waals surface area (Å²) in [6, 6.07) is 35.1. The van der Waals surface area contributed by atoms with E-state index in [9.17, 15) is 4.79 Å². The van der Waals surface area contributed by atoms with Crippen molar-refractivity contribution in [2.45, 2.75) is 13.1 Å². The molecular formula is C48H32F2N10O. The van der Waals surface area contributed by atoms with E-state index >= 15 is 8.78 Å². The average Bonchev–Trinajstić information content (AvgIpc) is 3.30. The van der Waals surface area contributed by atoms with Crippen molar-refractivity contribution >= 4 is 60.9 Å². The first-order valence-electron chi connectivity index (χ1n) is 19.3. The molecule has 0 saturated carbocycles. The number of hydrogen-bond acceptors (Lipinski definition) is 10. The first kappa shape index (κ1) is 37.0. The van der Waals surface area contributed by atoms with Crippen LogP contribution in [0.15, 0.2) is 146 Å². The highest BCUT2D eigenvalue weighted by atomic mass is 19.1. The number of aromatic nitrogens is 7. The summed E-state index contributed by atoms with van der Waals surface area (Å²) in [5, 5.41) is 11.6. The van der Waals surface area contributed by atoms with Crippen molar-refractivity contribution in [3.05, 3.63) is 175 Å². The van der Waals surface area contributed by atoms with E-state index in [4.69, 9.17) is 15.7 Å². The maximum Gasteiger partial charge on any atom is 0.248 e. The summed E-state index contributed by atoms with van der Waals surface area (Å²) in [5.41, 5.74) is 10.2. The number of hydrogen-bond donors (Lipinski definition) is 3. The number of benzene rings is 5. The van der Waals surface area contributed by atoms with Crippen LogP contribution in [0, 0.1) is 11.6 Å². The Balaban J connectivity index is 1.08. The molecule has 5 aromatic carbocycles. The van der Waals surface area contributed by atoms with Gasteiger partial charge in [0.2, 0.25) is 5.91 Å². The fourth-order valence-electron chi connectivity index (χ4n) is 7.45. The highest BCUT2D eigenvalue weighted by Gasteiger charge is 2.23. The average molecular weight is 803 g/mol. The third-order valence-corrected chi connectivity index (χ3v) is 10.6. The predicted octanol–water partition coefficient (Wildman–Crippen LogP) is 9.67. The number of nitrogens with two attached hydrogens (primary N) is 1. The molecule has 0 saturated heterocycles. The fraction of sp³-hybridized carbons (Fsp3) is 0.0417. The van der Waals surface area contributed by atoms with E-state index in [0.29, 0.717) is 34.3 Å². The lowest BCUT2D eigenvalue weighted by atomic mass is 9.99. The molecule has 11 nitrogen and oxygen atoms in total. The number of amides is 1. The smallest absolute Gasteiger partial charge is 0.248 e. The summed E-state index contributed by atoms with van der Waals surface area (Å²) in [4.78, 5) is 43.3. The number of anilines is 2. The standard InChI is InChI=1S/C48H32F2N10O/c49-41-43(34-11-12-39-32(20-34)3-1-14-53-39)59-46(60-48(41)56-24-27-5-7-30-19-35(45(51)61)10-9-29(30)17-27)38-22-40-33(4-2-15-54-40)21-37(38)44-42(50)47(58-26-57-44)55-23-28-6-8-36-25-52-16-13-31(36)18-28/h1-22,25-26H,23-24H2,(H2,51,61)(H,55,57,58)(H,56,59,60). The van der Waals surface area contributed by atoms with Crippen LogP contribution in [0.25, 0.3) is 77.3 Å². The zero-order valence-corrected chi connectivity index (χ0v) is 32.1. The maximum absolute atomic E-state index is 16.9. The van der Waals surface area contributed by atoms with Gasteiger partial charge in [-0.1, -0.05) is 48.5 Å². The van der Waals surface area contributed by atoms with Crippen LogP contribution in [0.4, 0.5) is 20.4 Å². The second kappa shape index (κ2) is 15.5. The molecular weight excluding hydrogens is 771 g/mol. The predicted molar refractivity (Wildman–Crippen MR) is 233 cm³/mol. The van der Waals surface area contributed by atoms with Crippen LogP contribution in [-0.4, -0.2) is 40.8 Å². The van der Waals surface area contributed by atoms with Crippen molar-refractivity contribution in [1.82, 2.24) is 34.9 Å². The van der Waals surface area contributed by atoms with Gasteiger partial charge in [0.05, 0.1) is 11.0 Å². The topological polar surface area (TPSA) is 157 Å². The molecule has 0 aliphatic rings. The highest BCUT2D eigenvalue weighted by Crippen LogP contribution is 2.38. The Morgan fingerprint density at radius 1 is 0.557 bits per heavy atom. The molecule has 0 spiro atoms. The molecule has 0 fully saturated rings. The van der Waals surface area contributed by atoms with Gasteiger partial charge >= 0.3 is 0 Å². The largest absolute Gasteiger partial charge is 0.366 e. The van der Waals surface area contributed by atoms with Gasteiger partial charge in [-0.3, -0.25) is 19.7 Å². The first-order chi connectivity index (χ1) is 29.8. The third kappa shape index (κ3) is 7.25. The van der Waals surface area contributed by atoms with Gasteiger partial charge < -0.3 is 16.4 Å². The minimum atomic E-state index is -0.682. The van der Waals surface area contributed by atoms with Crippen molar-refractivity contribution in [3.63, 3.8) is 0 Å². The zero-order chi connectivity index (χ0) is 41.5. The van der Waals surface area contributed by atoms with E-state index < -0.39 is 17.5 Å². The van der Waals surface area contributed by atoms with Crippen LogP contribution in [-0.2, 0) is 13.1 Å². The number of halogens is 2. The van der Waals surface area contributed by atoms with E-state index in [0.717, 1.165) is 49.0 Å². The summed E-state index contributed by atoms with van der Waals surface area (Å²) in [6.45, 7) is 0.490. The lowest BCUT2D eigenvalue weighted by Gasteiger charge is -2.16. The molecule has 0 bridgehead atoms. The normalized spacial score (nSPS) is 11.4. The van der Waals surface area contributed by atoms with Crippen LogP contribution in [0.3, 0.4) is 0 Å². The second-order valence-corrected chi connectivity index (χ2v) is 14.5. The SMILES string of the molecule is NC(=O)c1ccc2cc(CNc3nc(-c4cc5ncccc5cc4-c4ncnc(NCc5ccc6cnccc6c5)c4F)nc(-c4ccc5ncccc5c4)c3F)ccc2c1. The molecule has 5 aromatic heterocycles.